The number of aryl methyl sites for hydroxylation is 2. The van der Waals surface area contributed by atoms with Gasteiger partial charge >= 0.3 is 0 Å². The van der Waals surface area contributed by atoms with Crippen molar-refractivity contribution in [2.75, 3.05) is 25.1 Å². The molecule has 2 fully saturated rings. The number of nitrogens with one attached hydrogen (secondary N) is 2. The summed E-state index contributed by atoms with van der Waals surface area (Å²) in [5.74, 6) is 1.25. The molecule has 28 heavy (non-hydrogen) atoms. The van der Waals surface area contributed by atoms with Crippen LogP contribution in [0.2, 0.25) is 0 Å². The quantitative estimate of drug-likeness (QED) is 0.708. The molecule has 1 saturated heterocycles. The number of nitrogens with zero attached hydrogens (tertiary/aromatic N) is 2. The van der Waals surface area contributed by atoms with E-state index in [1.54, 1.807) is 16.0 Å². The van der Waals surface area contributed by atoms with E-state index in [1.165, 1.54) is 24.1 Å². The minimum atomic E-state index is -0.0593. The topological polar surface area (TPSA) is 68.2 Å². The Kier molecular flexibility index (Phi) is 8.33. The molecule has 9 heteroatoms. The van der Waals surface area contributed by atoms with Gasteiger partial charge in [-0.3, -0.25) is 9.48 Å². The number of halogens is 2. The van der Waals surface area contributed by atoms with Crippen LogP contribution in [0.25, 0.3) is 0 Å². The fraction of sp³-hybridized carbons (Fsp3) is 0.579. The molecule has 0 radical (unpaired) electrons. The minimum Gasteiger partial charge on any atom is -0.381 e. The highest BCUT2D eigenvalue weighted by molar-refractivity contribution is 7.10. The van der Waals surface area contributed by atoms with Gasteiger partial charge in [0.15, 0.2) is 0 Å². The molecule has 0 spiro atoms. The van der Waals surface area contributed by atoms with Gasteiger partial charge in [0.05, 0.1) is 16.9 Å². The van der Waals surface area contributed by atoms with Crippen LogP contribution in [0.1, 0.15) is 46.1 Å². The molecule has 3 heterocycles. The lowest BCUT2D eigenvalue weighted by atomic mass is 10.0. The number of hydrogen-bond acceptors (Lipinski definition) is 5. The Morgan fingerprint density at radius 1 is 1.36 bits per heavy atom. The number of rotatable bonds is 6. The number of thiophene rings is 1. The van der Waals surface area contributed by atoms with Crippen molar-refractivity contribution in [1.29, 1.82) is 0 Å². The molecule has 6 nitrogen and oxygen atoms in total. The van der Waals surface area contributed by atoms with Crippen LogP contribution in [-0.4, -0.2) is 41.5 Å². The summed E-state index contributed by atoms with van der Waals surface area (Å²) in [5, 5.41) is 12.9. The van der Waals surface area contributed by atoms with E-state index in [0.717, 1.165) is 42.6 Å². The first-order chi connectivity index (χ1) is 12.6. The summed E-state index contributed by atoms with van der Waals surface area (Å²) < 4.78 is 7.13. The van der Waals surface area contributed by atoms with Crippen molar-refractivity contribution in [2.45, 2.75) is 38.1 Å². The zero-order chi connectivity index (χ0) is 18.1. The highest BCUT2D eigenvalue weighted by Crippen LogP contribution is 2.43. The van der Waals surface area contributed by atoms with Crippen LogP contribution in [0.5, 0.6) is 0 Å². The standard InChI is InChI=1S/C19H26N4O2S.2ClH/c1-12-17(10-23(2)22-12)21-19(24)14-7-18(26-11-14)15-8-16(15)20-9-13-3-5-25-6-4-13;;/h7,10-11,13,15-16,20H,3-6,8-9H2,1-2H3,(H,21,24);2*1H/t15-,16-;;/m1../s1. The number of aromatic nitrogens is 2. The van der Waals surface area contributed by atoms with Crippen molar-refractivity contribution in [2.24, 2.45) is 13.0 Å². The van der Waals surface area contributed by atoms with Gasteiger partial charge in [-0.05, 0) is 44.7 Å². The number of anilines is 1. The van der Waals surface area contributed by atoms with E-state index in [1.807, 2.05) is 31.6 Å². The van der Waals surface area contributed by atoms with Crippen LogP contribution in [0.4, 0.5) is 5.69 Å². The smallest absolute Gasteiger partial charge is 0.256 e. The van der Waals surface area contributed by atoms with E-state index in [2.05, 4.69) is 15.7 Å². The molecule has 1 amide bonds. The second-order valence-electron chi connectivity index (χ2n) is 7.41. The van der Waals surface area contributed by atoms with Gasteiger partial charge in [-0.1, -0.05) is 0 Å². The van der Waals surface area contributed by atoms with Crippen molar-refractivity contribution in [1.82, 2.24) is 15.1 Å². The van der Waals surface area contributed by atoms with E-state index in [-0.39, 0.29) is 30.7 Å². The lowest BCUT2D eigenvalue weighted by Crippen LogP contribution is -2.29. The minimum absolute atomic E-state index is 0. The largest absolute Gasteiger partial charge is 0.381 e. The summed E-state index contributed by atoms with van der Waals surface area (Å²) in [4.78, 5) is 13.8. The van der Waals surface area contributed by atoms with Crippen molar-refractivity contribution < 1.29 is 9.53 Å². The molecular weight excluding hydrogens is 419 g/mol. The van der Waals surface area contributed by atoms with Gasteiger partial charge in [0.1, 0.15) is 0 Å². The Hall–Kier alpha value is -1.12. The lowest BCUT2D eigenvalue weighted by Gasteiger charge is -2.22. The molecule has 2 aliphatic rings. The van der Waals surface area contributed by atoms with Crippen molar-refractivity contribution in [3.63, 3.8) is 0 Å². The second kappa shape index (κ2) is 10.1. The van der Waals surface area contributed by atoms with Crippen molar-refractivity contribution in [3.8, 4) is 0 Å². The zero-order valence-electron chi connectivity index (χ0n) is 16.1. The first-order valence-electron chi connectivity index (χ1n) is 9.31. The Morgan fingerprint density at radius 2 is 2.11 bits per heavy atom. The third-order valence-corrected chi connectivity index (χ3v) is 6.37. The Labute approximate surface area is 182 Å². The SMILES string of the molecule is Cc1nn(C)cc1NC(=O)c1csc([C@@H]2C[C@H]2NCC2CCOCC2)c1.Cl.Cl. The first kappa shape index (κ1) is 23.2. The predicted molar refractivity (Wildman–Crippen MR) is 117 cm³/mol. The number of carbonyl (C=O) groups is 1. The van der Waals surface area contributed by atoms with Gasteiger partial charge in [0.25, 0.3) is 5.91 Å². The molecule has 1 saturated carbocycles. The van der Waals surface area contributed by atoms with Gasteiger partial charge in [0, 0.05) is 48.7 Å². The molecule has 2 N–H and O–H groups in total. The highest BCUT2D eigenvalue weighted by Gasteiger charge is 2.39. The second-order valence-corrected chi connectivity index (χ2v) is 8.35. The summed E-state index contributed by atoms with van der Waals surface area (Å²) >= 11 is 1.69. The summed E-state index contributed by atoms with van der Waals surface area (Å²) in [6, 6.07) is 2.61. The van der Waals surface area contributed by atoms with Crippen LogP contribution in [0, 0.1) is 12.8 Å². The van der Waals surface area contributed by atoms with Crippen LogP contribution in [0.3, 0.4) is 0 Å². The van der Waals surface area contributed by atoms with E-state index in [0.29, 0.717) is 12.0 Å². The van der Waals surface area contributed by atoms with E-state index >= 15 is 0 Å². The molecular formula is C19H28Cl2N4O2S. The van der Waals surface area contributed by atoms with Gasteiger partial charge in [-0.2, -0.15) is 5.10 Å². The molecule has 2 aromatic heterocycles. The predicted octanol–water partition coefficient (Wildman–Crippen LogP) is 3.76. The average molecular weight is 447 g/mol. The molecule has 0 bridgehead atoms. The molecule has 1 aliphatic heterocycles. The van der Waals surface area contributed by atoms with Gasteiger partial charge < -0.3 is 15.4 Å². The third-order valence-electron chi connectivity index (χ3n) is 5.31. The highest BCUT2D eigenvalue weighted by atomic mass is 35.5. The van der Waals surface area contributed by atoms with Gasteiger partial charge in [-0.25, -0.2) is 0 Å². The summed E-state index contributed by atoms with van der Waals surface area (Å²) in [5.41, 5.74) is 2.34. The molecule has 0 unspecified atom stereocenters. The van der Waals surface area contributed by atoms with Crippen LogP contribution in [0.15, 0.2) is 17.6 Å². The Balaban J connectivity index is 0.00000140. The maximum atomic E-state index is 12.5. The molecule has 2 aromatic rings. The molecule has 156 valence electrons. The summed E-state index contributed by atoms with van der Waals surface area (Å²) in [6.07, 6.45) is 5.34. The van der Waals surface area contributed by atoms with Crippen LogP contribution >= 0.6 is 36.2 Å². The van der Waals surface area contributed by atoms with Crippen LogP contribution in [-0.2, 0) is 11.8 Å². The number of carbonyl (C=O) groups excluding carboxylic acids is 1. The Morgan fingerprint density at radius 3 is 2.79 bits per heavy atom. The van der Waals surface area contributed by atoms with Crippen LogP contribution < -0.4 is 10.6 Å². The molecule has 2 atom stereocenters. The average Bonchev–Trinajstić information content (AvgIpc) is 3.10. The van der Waals surface area contributed by atoms with Crippen molar-refractivity contribution >= 4 is 47.7 Å². The van der Waals surface area contributed by atoms with E-state index in [4.69, 9.17) is 4.74 Å². The number of ether oxygens (including phenoxy) is 1. The summed E-state index contributed by atoms with van der Waals surface area (Å²) in [6.45, 7) is 4.79. The lowest BCUT2D eigenvalue weighted by molar-refractivity contribution is 0.0662. The normalized spacial score (nSPS) is 21.5. The van der Waals surface area contributed by atoms with Crippen molar-refractivity contribution in [3.05, 3.63) is 33.8 Å². The third kappa shape index (κ3) is 5.48. The van der Waals surface area contributed by atoms with E-state index in [9.17, 15) is 4.79 Å². The number of amides is 1. The fourth-order valence-electron chi connectivity index (χ4n) is 3.59. The maximum Gasteiger partial charge on any atom is 0.256 e. The first-order valence-corrected chi connectivity index (χ1v) is 10.2. The molecule has 0 aromatic carbocycles. The molecule has 4 rings (SSSR count). The molecule has 1 aliphatic carbocycles. The van der Waals surface area contributed by atoms with E-state index < -0.39 is 0 Å². The Bertz CT molecular complexity index is 789. The fourth-order valence-corrected chi connectivity index (χ4v) is 4.66. The monoisotopic (exact) mass is 446 g/mol. The van der Waals surface area contributed by atoms with Gasteiger partial charge in [-0.15, -0.1) is 36.2 Å². The van der Waals surface area contributed by atoms with Gasteiger partial charge in [0.2, 0.25) is 0 Å². The number of hydrogen-bond donors (Lipinski definition) is 2. The summed E-state index contributed by atoms with van der Waals surface area (Å²) in [7, 11) is 1.85. The zero-order valence-corrected chi connectivity index (χ0v) is 18.6. The maximum absolute atomic E-state index is 12.5.